The summed E-state index contributed by atoms with van der Waals surface area (Å²) in [6, 6.07) is 7.44. The van der Waals surface area contributed by atoms with E-state index >= 15 is 0 Å². The van der Waals surface area contributed by atoms with Crippen LogP contribution < -0.4 is 4.90 Å². The topological polar surface area (TPSA) is 60.8 Å². The summed E-state index contributed by atoms with van der Waals surface area (Å²) in [5.74, 6) is -1.12. The molecule has 5 heteroatoms. The van der Waals surface area contributed by atoms with Crippen LogP contribution in [0.1, 0.15) is 19.3 Å². The Hall–Kier alpha value is -1.26. The van der Waals surface area contributed by atoms with E-state index in [0.717, 1.165) is 12.2 Å². The average Bonchev–Trinajstić information content (AvgIpc) is 2.54. The Morgan fingerprint density at radius 3 is 2.50 bits per heavy atom. The smallest absolute Gasteiger partial charge is 0.335 e. The van der Waals surface area contributed by atoms with E-state index in [-0.39, 0.29) is 6.42 Å². The van der Waals surface area contributed by atoms with Crippen molar-refractivity contribution in [3.8, 4) is 0 Å². The van der Waals surface area contributed by atoms with Crippen LogP contribution in [0, 0.1) is 0 Å². The van der Waals surface area contributed by atoms with Gasteiger partial charge in [-0.05, 0) is 37.1 Å². The lowest BCUT2D eigenvalue weighted by Crippen LogP contribution is -2.39. The highest BCUT2D eigenvalue weighted by atomic mass is 35.5. The number of nitrogens with zero attached hydrogens (tertiary/aromatic N) is 1. The van der Waals surface area contributed by atoms with Gasteiger partial charge in [0, 0.05) is 30.2 Å². The van der Waals surface area contributed by atoms with Crippen molar-refractivity contribution in [1.29, 1.82) is 0 Å². The quantitative estimate of drug-likeness (QED) is 0.864. The summed E-state index contributed by atoms with van der Waals surface area (Å²) >= 11 is 5.83. The third-order valence-corrected chi connectivity index (χ3v) is 3.66. The minimum Gasteiger partial charge on any atom is -0.479 e. The number of carbonyl (C=O) groups is 1. The van der Waals surface area contributed by atoms with Gasteiger partial charge in [-0.3, -0.25) is 0 Å². The van der Waals surface area contributed by atoms with Gasteiger partial charge in [0.2, 0.25) is 0 Å². The predicted octanol–water partition coefficient (Wildman–Crippen LogP) is 2.15. The van der Waals surface area contributed by atoms with Gasteiger partial charge >= 0.3 is 5.97 Å². The number of benzene rings is 1. The summed E-state index contributed by atoms with van der Waals surface area (Å²) in [5, 5.41) is 19.7. The Morgan fingerprint density at radius 1 is 1.22 bits per heavy atom. The van der Waals surface area contributed by atoms with Crippen LogP contribution in [0.3, 0.4) is 0 Å². The number of hydrogen-bond donors (Lipinski definition) is 2. The molecule has 1 fully saturated rings. The van der Waals surface area contributed by atoms with Gasteiger partial charge in [-0.2, -0.15) is 0 Å². The first-order chi connectivity index (χ1) is 8.51. The molecule has 2 N–H and O–H groups in total. The fraction of sp³-hybridized carbons (Fsp3) is 0.462. The van der Waals surface area contributed by atoms with E-state index in [1.165, 1.54) is 0 Å². The zero-order valence-electron chi connectivity index (χ0n) is 9.97. The van der Waals surface area contributed by atoms with Gasteiger partial charge in [-0.1, -0.05) is 11.6 Å². The fourth-order valence-corrected chi connectivity index (χ4v) is 2.37. The normalized spacial score (nSPS) is 24.7. The lowest BCUT2D eigenvalue weighted by molar-refractivity contribution is -0.159. The van der Waals surface area contributed by atoms with Gasteiger partial charge in [-0.15, -0.1) is 0 Å². The maximum Gasteiger partial charge on any atom is 0.335 e. The minimum atomic E-state index is -1.58. The molecule has 2 rings (SSSR count). The van der Waals surface area contributed by atoms with Crippen LogP contribution in [0.4, 0.5) is 5.69 Å². The molecule has 1 saturated heterocycles. The van der Waals surface area contributed by atoms with Crippen molar-refractivity contribution in [2.75, 3.05) is 18.0 Å². The summed E-state index contributed by atoms with van der Waals surface area (Å²) < 4.78 is 0. The summed E-state index contributed by atoms with van der Waals surface area (Å²) in [5.41, 5.74) is -0.574. The number of carboxylic acids is 1. The Balaban J connectivity index is 2.09. The predicted molar refractivity (Wildman–Crippen MR) is 70.1 cm³/mol. The van der Waals surface area contributed by atoms with Crippen molar-refractivity contribution < 1.29 is 15.0 Å². The van der Waals surface area contributed by atoms with E-state index in [9.17, 15) is 9.90 Å². The Morgan fingerprint density at radius 2 is 1.89 bits per heavy atom. The first kappa shape index (κ1) is 13.2. The summed E-state index contributed by atoms with van der Waals surface area (Å²) in [6.45, 7) is 1.28. The third-order valence-electron chi connectivity index (χ3n) is 3.40. The largest absolute Gasteiger partial charge is 0.479 e. The van der Waals surface area contributed by atoms with Crippen LogP contribution in [-0.4, -0.2) is 34.9 Å². The van der Waals surface area contributed by atoms with Crippen molar-refractivity contribution in [2.45, 2.75) is 24.9 Å². The number of halogens is 1. The van der Waals surface area contributed by atoms with Crippen LogP contribution in [0.5, 0.6) is 0 Å². The Bertz CT molecular complexity index is 434. The molecule has 1 aromatic carbocycles. The van der Waals surface area contributed by atoms with Gasteiger partial charge in [0.15, 0.2) is 5.60 Å². The van der Waals surface area contributed by atoms with Crippen LogP contribution in [0.2, 0.25) is 5.02 Å². The Kier molecular flexibility index (Phi) is 3.78. The van der Waals surface area contributed by atoms with E-state index < -0.39 is 11.6 Å². The molecule has 1 atom stereocenters. The maximum atomic E-state index is 11.0. The lowest BCUT2D eigenvalue weighted by atomic mass is 9.95. The molecule has 0 aliphatic carbocycles. The third kappa shape index (κ3) is 2.76. The van der Waals surface area contributed by atoms with E-state index in [4.69, 9.17) is 16.7 Å². The monoisotopic (exact) mass is 269 g/mol. The van der Waals surface area contributed by atoms with Crippen molar-refractivity contribution in [1.82, 2.24) is 0 Å². The fourth-order valence-electron chi connectivity index (χ4n) is 2.24. The molecule has 0 saturated carbocycles. The van der Waals surface area contributed by atoms with E-state index in [1.807, 2.05) is 24.3 Å². The van der Waals surface area contributed by atoms with Gasteiger partial charge in [-0.25, -0.2) is 4.79 Å². The standard InChI is InChI=1S/C13H16ClNO3/c14-10-2-4-11(5-3-10)15-8-1-6-13(18,7-9-15)12(16)17/h2-5,18H,1,6-9H2,(H,16,17). The van der Waals surface area contributed by atoms with Crippen LogP contribution in [-0.2, 0) is 4.79 Å². The Labute approximate surface area is 111 Å². The number of aliphatic carboxylic acids is 1. The van der Waals surface area contributed by atoms with Crippen LogP contribution >= 0.6 is 11.6 Å². The minimum absolute atomic E-state index is 0.241. The molecule has 0 spiro atoms. The molecule has 18 heavy (non-hydrogen) atoms. The summed E-state index contributed by atoms with van der Waals surface area (Å²) in [7, 11) is 0. The zero-order chi connectivity index (χ0) is 13.2. The summed E-state index contributed by atoms with van der Waals surface area (Å²) in [6.07, 6.45) is 1.20. The number of hydrogen-bond acceptors (Lipinski definition) is 3. The number of rotatable bonds is 2. The highest BCUT2D eigenvalue weighted by Gasteiger charge is 2.37. The molecule has 0 aromatic heterocycles. The maximum absolute atomic E-state index is 11.0. The number of aliphatic hydroxyl groups is 1. The second kappa shape index (κ2) is 5.16. The average molecular weight is 270 g/mol. The second-order valence-corrected chi connectivity index (χ2v) is 5.09. The van der Waals surface area contributed by atoms with E-state index in [0.29, 0.717) is 24.4 Å². The van der Waals surface area contributed by atoms with Gasteiger partial charge in [0.1, 0.15) is 0 Å². The SMILES string of the molecule is O=C(O)C1(O)CCCN(c2ccc(Cl)cc2)CC1. The van der Waals surface area contributed by atoms with Crippen molar-refractivity contribution in [3.05, 3.63) is 29.3 Å². The number of anilines is 1. The van der Waals surface area contributed by atoms with Crippen molar-refractivity contribution >= 4 is 23.3 Å². The molecule has 0 bridgehead atoms. The molecule has 1 unspecified atom stereocenters. The van der Waals surface area contributed by atoms with E-state index in [2.05, 4.69) is 4.90 Å². The molecule has 1 aliphatic rings. The van der Waals surface area contributed by atoms with Gasteiger partial charge < -0.3 is 15.1 Å². The highest BCUT2D eigenvalue weighted by molar-refractivity contribution is 6.30. The molecule has 98 valence electrons. The molecule has 1 aliphatic heterocycles. The van der Waals surface area contributed by atoms with Crippen molar-refractivity contribution in [3.63, 3.8) is 0 Å². The molecule has 0 radical (unpaired) electrons. The van der Waals surface area contributed by atoms with Gasteiger partial charge in [0.05, 0.1) is 0 Å². The van der Waals surface area contributed by atoms with Crippen LogP contribution in [0.15, 0.2) is 24.3 Å². The molecule has 4 nitrogen and oxygen atoms in total. The van der Waals surface area contributed by atoms with Crippen LogP contribution in [0.25, 0.3) is 0 Å². The first-order valence-corrected chi connectivity index (χ1v) is 6.35. The van der Waals surface area contributed by atoms with Crippen molar-refractivity contribution in [2.24, 2.45) is 0 Å². The molecular weight excluding hydrogens is 254 g/mol. The lowest BCUT2D eigenvalue weighted by Gasteiger charge is -2.24. The molecule has 0 amide bonds. The highest BCUT2D eigenvalue weighted by Crippen LogP contribution is 2.26. The zero-order valence-corrected chi connectivity index (χ0v) is 10.7. The van der Waals surface area contributed by atoms with Gasteiger partial charge in [0.25, 0.3) is 0 Å². The number of carboxylic acid groups (broad SMARTS) is 1. The summed E-state index contributed by atoms with van der Waals surface area (Å²) in [4.78, 5) is 13.1. The second-order valence-electron chi connectivity index (χ2n) is 4.65. The molecule has 1 aromatic rings. The first-order valence-electron chi connectivity index (χ1n) is 5.97. The molecular formula is C13H16ClNO3. The molecule has 1 heterocycles. The van der Waals surface area contributed by atoms with E-state index in [1.54, 1.807) is 0 Å².